The van der Waals surface area contributed by atoms with Gasteiger partial charge in [0.25, 0.3) is 0 Å². The maximum Gasteiger partial charge on any atom is 0.127 e. The fourth-order valence-corrected chi connectivity index (χ4v) is 4.34. The molecule has 0 saturated carbocycles. The van der Waals surface area contributed by atoms with E-state index < -0.39 is 0 Å². The summed E-state index contributed by atoms with van der Waals surface area (Å²) >= 11 is 0. The summed E-state index contributed by atoms with van der Waals surface area (Å²) in [5, 5.41) is 2.47. The number of likely N-dealkylation sites (tertiary alicyclic amines) is 1. The Hall–Kier alpha value is -3.10. The molecule has 144 valence electrons. The highest BCUT2D eigenvalue weighted by Gasteiger charge is 2.35. The van der Waals surface area contributed by atoms with E-state index in [0.29, 0.717) is 0 Å². The molecule has 0 radical (unpaired) electrons. The van der Waals surface area contributed by atoms with Crippen LogP contribution in [0, 0.1) is 6.92 Å². The Bertz CT molecular complexity index is 1060. The van der Waals surface area contributed by atoms with Crippen molar-refractivity contribution >= 4 is 10.8 Å². The van der Waals surface area contributed by atoms with E-state index in [9.17, 15) is 0 Å². The monoisotopic (exact) mass is 379 g/mol. The molecule has 29 heavy (non-hydrogen) atoms. The van der Waals surface area contributed by atoms with Crippen LogP contribution >= 0.6 is 0 Å². The van der Waals surface area contributed by atoms with Crippen LogP contribution in [0.2, 0.25) is 0 Å². The lowest BCUT2D eigenvalue weighted by Crippen LogP contribution is -2.55. The minimum absolute atomic E-state index is 0.219. The highest BCUT2D eigenvalue weighted by molar-refractivity contribution is 5.90. The molecule has 1 aliphatic heterocycles. The third kappa shape index (κ3) is 3.52. The Balaban J connectivity index is 1.36. The lowest BCUT2D eigenvalue weighted by atomic mass is 9.94. The van der Waals surface area contributed by atoms with Crippen molar-refractivity contribution in [1.82, 2.24) is 4.90 Å². The molecule has 0 aromatic heterocycles. The molecule has 2 nitrogen and oxygen atoms in total. The van der Waals surface area contributed by atoms with Gasteiger partial charge < -0.3 is 4.74 Å². The fraction of sp³-hybridized carbons (Fsp3) is 0.185. The summed E-state index contributed by atoms with van der Waals surface area (Å²) in [6, 6.07) is 34.6. The van der Waals surface area contributed by atoms with Gasteiger partial charge in [-0.2, -0.15) is 0 Å². The second-order valence-corrected chi connectivity index (χ2v) is 7.84. The summed E-state index contributed by atoms with van der Waals surface area (Å²) in [6.45, 7) is 4.01. The van der Waals surface area contributed by atoms with Crippen molar-refractivity contribution in [2.45, 2.75) is 19.1 Å². The standard InChI is InChI=1S/C27H25NO/c1-20-16-17-26(25-15-9-8-14-24(20)25)29-23-18-28(19-23)27(21-10-4-2-5-11-21)22-12-6-3-7-13-22/h2-17,23,27H,18-19H2,1H3. The van der Waals surface area contributed by atoms with Gasteiger partial charge in [-0.1, -0.05) is 91.0 Å². The number of nitrogens with zero attached hydrogens (tertiary/aromatic N) is 1. The first-order chi connectivity index (χ1) is 14.3. The van der Waals surface area contributed by atoms with E-state index in [1.54, 1.807) is 0 Å². The molecule has 0 unspecified atom stereocenters. The molecule has 2 heteroatoms. The Kier molecular flexibility index (Phi) is 4.79. The molecule has 1 heterocycles. The SMILES string of the molecule is Cc1ccc(OC2CN(C(c3ccccc3)c3ccccc3)C2)c2ccccc12. The molecular weight excluding hydrogens is 354 g/mol. The van der Waals surface area contributed by atoms with Crippen LogP contribution in [-0.4, -0.2) is 24.1 Å². The number of aryl methyl sites for hydroxylation is 1. The van der Waals surface area contributed by atoms with Gasteiger partial charge in [-0.25, -0.2) is 0 Å². The lowest BCUT2D eigenvalue weighted by Gasteiger charge is -2.44. The Morgan fingerprint density at radius 3 is 1.86 bits per heavy atom. The zero-order valence-corrected chi connectivity index (χ0v) is 16.7. The minimum atomic E-state index is 0.219. The average molecular weight is 380 g/mol. The van der Waals surface area contributed by atoms with Crippen molar-refractivity contribution in [3.8, 4) is 5.75 Å². The number of rotatable bonds is 5. The van der Waals surface area contributed by atoms with E-state index >= 15 is 0 Å². The fourth-order valence-electron chi connectivity index (χ4n) is 4.34. The number of benzene rings is 4. The van der Waals surface area contributed by atoms with Gasteiger partial charge in [0.1, 0.15) is 11.9 Å². The van der Waals surface area contributed by atoms with E-state index in [-0.39, 0.29) is 12.1 Å². The molecule has 0 amide bonds. The predicted molar refractivity (Wildman–Crippen MR) is 119 cm³/mol. The van der Waals surface area contributed by atoms with Gasteiger partial charge in [0.15, 0.2) is 0 Å². The van der Waals surface area contributed by atoms with Gasteiger partial charge in [0.05, 0.1) is 6.04 Å². The summed E-state index contributed by atoms with van der Waals surface area (Å²) in [5.41, 5.74) is 3.95. The molecule has 1 fully saturated rings. The maximum absolute atomic E-state index is 6.43. The Morgan fingerprint density at radius 2 is 1.24 bits per heavy atom. The summed E-state index contributed by atoms with van der Waals surface area (Å²) < 4.78 is 6.43. The Labute approximate surface area is 172 Å². The van der Waals surface area contributed by atoms with Gasteiger partial charge in [-0.05, 0) is 35.1 Å². The van der Waals surface area contributed by atoms with E-state index in [1.165, 1.54) is 27.5 Å². The largest absolute Gasteiger partial charge is 0.487 e. The van der Waals surface area contributed by atoms with E-state index in [1.807, 2.05) is 0 Å². The van der Waals surface area contributed by atoms with Gasteiger partial charge in [0, 0.05) is 18.5 Å². The van der Waals surface area contributed by atoms with Crippen LogP contribution in [-0.2, 0) is 0 Å². The molecule has 1 saturated heterocycles. The van der Waals surface area contributed by atoms with Crippen molar-refractivity contribution in [1.29, 1.82) is 0 Å². The minimum Gasteiger partial charge on any atom is -0.487 e. The van der Waals surface area contributed by atoms with Crippen molar-refractivity contribution in [2.24, 2.45) is 0 Å². The van der Waals surface area contributed by atoms with Crippen LogP contribution < -0.4 is 4.74 Å². The quantitative estimate of drug-likeness (QED) is 0.422. The van der Waals surface area contributed by atoms with Gasteiger partial charge in [-0.15, -0.1) is 0 Å². The molecular formula is C27H25NO. The normalized spacial score (nSPS) is 14.8. The molecule has 0 spiro atoms. The number of hydrogen-bond donors (Lipinski definition) is 0. The lowest BCUT2D eigenvalue weighted by molar-refractivity contribution is 0.00112. The van der Waals surface area contributed by atoms with Gasteiger partial charge in [0.2, 0.25) is 0 Å². The van der Waals surface area contributed by atoms with Crippen LogP contribution in [0.5, 0.6) is 5.75 Å². The van der Waals surface area contributed by atoms with Crippen LogP contribution in [0.15, 0.2) is 97.1 Å². The van der Waals surface area contributed by atoms with E-state index in [4.69, 9.17) is 4.74 Å². The first kappa shape index (κ1) is 18.0. The predicted octanol–water partition coefficient (Wildman–Crippen LogP) is 6.00. The van der Waals surface area contributed by atoms with Crippen LogP contribution in [0.25, 0.3) is 10.8 Å². The van der Waals surface area contributed by atoms with E-state index in [0.717, 1.165) is 18.8 Å². The molecule has 0 N–H and O–H groups in total. The molecule has 0 atom stereocenters. The van der Waals surface area contributed by atoms with E-state index in [2.05, 4.69) is 109 Å². The van der Waals surface area contributed by atoms with Crippen molar-refractivity contribution in [3.63, 3.8) is 0 Å². The Morgan fingerprint density at radius 1 is 0.690 bits per heavy atom. The zero-order chi connectivity index (χ0) is 19.6. The third-order valence-electron chi connectivity index (χ3n) is 5.87. The average Bonchev–Trinajstić information content (AvgIpc) is 2.75. The second kappa shape index (κ2) is 7.73. The first-order valence-electron chi connectivity index (χ1n) is 10.3. The molecule has 4 aromatic carbocycles. The second-order valence-electron chi connectivity index (χ2n) is 7.84. The van der Waals surface area contributed by atoms with Crippen LogP contribution in [0.3, 0.4) is 0 Å². The summed E-state index contributed by atoms with van der Waals surface area (Å²) in [6.07, 6.45) is 0.219. The number of hydrogen-bond acceptors (Lipinski definition) is 2. The summed E-state index contributed by atoms with van der Waals surface area (Å²) in [7, 11) is 0. The number of fused-ring (bicyclic) bond motifs is 1. The molecule has 1 aliphatic rings. The van der Waals surface area contributed by atoms with Crippen molar-refractivity contribution < 1.29 is 4.74 Å². The summed E-state index contributed by atoms with van der Waals surface area (Å²) in [5.74, 6) is 0.992. The van der Waals surface area contributed by atoms with Crippen LogP contribution in [0.1, 0.15) is 22.7 Å². The number of ether oxygens (including phenoxy) is 1. The first-order valence-corrected chi connectivity index (χ1v) is 10.3. The van der Waals surface area contributed by atoms with Crippen LogP contribution in [0.4, 0.5) is 0 Å². The molecule has 0 aliphatic carbocycles. The van der Waals surface area contributed by atoms with Gasteiger partial charge >= 0.3 is 0 Å². The smallest absolute Gasteiger partial charge is 0.127 e. The van der Waals surface area contributed by atoms with Crippen molar-refractivity contribution in [3.05, 3.63) is 114 Å². The molecule has 4 aromatic rings. The summed E-state index contributed by atoms with van der Waals surface area (Å²) in [4.78, 5) is 2.51. The third-order valence-corrected chi connectivity index (χ3v) is 5.87. The highest BCUT2D eigenvalue weighted by Crippen LogP contribution is 2.35. The highest BCUT2D eigenvalue weighted by atomic mass is 16.5. The molecule has 0 bridgehead atoms. The van der Waals surface area contributed by atoms with Crippen molar-refractivity contribution in [2.75, 3.05) is 13.1 Å². The topological polar surface area (TPSA) is 12.5 Å². The molecule has 5 rings (SSSR count). The van der Waals surface area contributed by atoms with Gasteiger partial charge in [-0.3, -0.25) is 4.90 Å². The zero-order valence-electron chi connectivity index (χ0n) is 16.7. The maximum atomic E-state index is 6.43.